The van der Waals surface area contributed by atoms with Gasteiger partial charge in [-0.25, -0.2) is 9.37 Å². The first-order valence-corrected chi connectivity index (χ1v) is 9.32. The summed E-state index contributed by atoms with van der Waals surface area (Å²) in [5.74, 6) is 0.251. The molecule has 1 amide bonds. The van der Waals surface area contributed by atoms with Crippen molar-refractivity contribution in [2.24, 2.45) is 5.41 Å². The van der Waals surface area contributed by atoms with Crippen LogP contribution in [0.1, 0.15) is 38.1 Å². The maximum Gasteiger partial charge on any atom is 0.231 e. The third-order valence-corrected chi connectivity index (χ3v) is 5.65. The lowest BCUT2D eigenvalue weighted by Crippen LogP contribution is -2.39. The largest absolute Gasteiger partial charge is 0.441 e. The molecule has 1 fully saturated rings. The molecule has 1 heterocycles. The van der Waals surface area contributed by atoms with E-state index in [1.165, 1.54) is 6.07 Å². The number of carbonyl (C=O) groups is 1. The van der Waals surface area contributed by atoms with Gasteiger partial charge in [0.15, 0.2) is 11.5 Å². The molecule has 1 atom stereocenters. The van der Waals surface area contributed by atoms with Crippen molar-refractivity contribution in [3.8, 4) is 0 Å². The molecule has 5 heteroatoms. The van der Waals surface area contributed by atoms with Crippen LogP contribution in [0.5, 0.6) is 0 Å². The number of para-hydroxylation sites is 2. The fourth-order valence-electron chi connectivity index (χ4n) is 4.02. The zero-order valence-corrected chi connectivity index (χ0v) is 15.6. The summed E-state index contributed by atoms with van der Waals surface area (Å²) in [6.45, 7) is 4.53. The summed E-state index contributed by atoms with van der Waals surface area (Å²) in [5, 5.41) is 3.00. The van der Waals surface area contributed by atoms with Gasteiger partial charge in [-0.2, -0.15) is 0 Å². The minimum Gasteiger partial charge on any atom is -0.441 e. The van der Waals surface area contributed by atoms with E-state index >= 15 is 0 Å². The topological polar surface area (TPSA) is 55.1 Å². The summed E-state index contributed by atoms with van der Waals surface area (Å²) in [7, 11) is 0. The number of aromatic nitrogens is 1. The van der Waals surface area contributed by atoms with Gasteiger partial charge in [-0.3, -0.25) is 4.79 Å². The highest BCUT2D eigenvalue weighted by atomic mass is 19.1. The number of hydrogen-bond donors (Lipinski definition) is 1. The Morgan fingerprint density at radius 3 is 2.59 bits per heavy atom. The van der Waals surface area contributed by atoms with Crippen molar-refractivity contribution >= 4 is 17.0 Å². The van der Waals surface area contributed by atoms with Gasteiger partial charge in [0.1, 0.15) is 11.3 Å². The predicted octanol–water partition coefficient (Wildman–Crippen LogP) is 4.38. The van der Waals surface area contributed by atoms with Crippen LogP contribution >= 0.6 is 0 Å². The van der Waals surface area contributed by atoms with Crippen LogP contribution in [0, 0.1) is 11.2 Å². The fourth-order valence-corrected chi connectivity index (χ4v) is 4.02. The molecule has 3 aromatic rings. The Kier molecular flexibility index (Phi) is 4.25. The van der Waals surface area contributed by atoms with Gasteiger partial charge >= 0.3 is 0 Å². The molecule has 0 radical (unpaired) electrons. The van der Waals surface area contributed by atoms with Gasteiger partial charge in [-0.05, 0) is 36.5 Å². The van der Waals surface area contributed by atoms with E-state index in [-0.39, 0.29) is 17.1 Å². The molecule has 27 heavy (non-hydrogen) atoms. The lowest BCUT2D eigenvalue weighted by atomic mass is 9.86. The molecule has 2 aromatic carbocycles. The molecule has 1 aliphatic carbocycles. The number of benzene rings is 2. The maximum absolute atomic E-state index is 14.3. The van der Waals surface area contributed by atoms with Crippen LogP contribution < -0.4 is 5.32 Å². The number of aryl methyl sites for hydroxylation is 1. The van der Waals surface area contributed by atoms with Crippen molar-refractivity contribution in [3.63, 3.8) is 0 Å². The zero-order valence-electron chi connectivity index (χ0n) is 15.6. The Balaban J connectivity index is 1.39. The number of hydrogen-bond acceptors (Lipinski definition) is 3. The normalized spacial score (nSPS) is 20.6. The molecule has 0 spiro atoms. The molecule has 140 valence electrons. The average Bonchev–Trinajstić information content (AvgIpc) is 3.02. The van der Waals surface area contributed by atoms with Gasteiger partial charge < -0.3 is 9.73 Å². The van der Waals surface area contributed by atoms with Crippen LogP contribution in [0.15, 0.2) is 52.9 Å². The van der Waals surface area contributed by atoms with E-state index < -0.39 is 5.41 Å². The van der Waals surface area contributed by atoms with Crippen molar-refractivity contribution in [1.82, 2.24) is 10.3 Å². The first-order chi connectivity index (χ1) is 12.9. The van der Waals surface area contributed by atoms with Crippen LogP contribution in [0.2, 0.25) is 0 Å². The minimum atomic E-state index is -0.782. The molecule has 0 aliphatic heterocycles. The Labute approximate surface area is 157 Å². The minimum absolute atomic E-state index is 0.102. The highest BCUT2D eigenvalue weighted by Crippen LogP contribution is 2.64. The van der Waals surface area contributed by atoms with Crippen molar-refractivity contribution in [1.29, 1.82) is 0 Å². The van der Waals surface area contributed by atoms with Crippen LogP contribution in [0.3, 0.4) is 0 Å². The van der Waals surface area contributed by atoms with Gasteiger partial charge in [0.05, 0.1) is 5.41 Å². The Bertz CT molecular complexity index is 962. The van der Waals surface area contributed by atoms with E-state index in [9.17, 15) is 9.18 Å². The predicted molar refractivity (Wildman–Crippen MR) is 102 cm³/mol. The van der Waals surface area contributed by atoms with Crippen molar-refractivity contribution in [2.45, 2.75) is 38.5 Å². The molecule has 1 saturated carbocycles. The number of halogens is 1. The third-order valence-electron chi connectivity index (χ3n) is 5.65. The van der Waals surface area contributed by atoms with Crippen molar-refractivity contribution < 1.29 is 13.6 Å². The molecule has 1 unspecified atom stereocenters. The van der Waals surface area contributed by atoms with Crippen molar-refractivity contribution in [2.75, 3.05) is 6.54 Å². The van der Waals surface area contributed by atoms with E-state index in [4.69, 9.17) is 4.42 Å². The monoisotopic (exact) mass is 366 g/mol. The highest BCUT2D eigenvalue weighted by Gasteiger charge is 2.67. The number of nitrogens with one attached hydrogen (secondary N) is 1. The first kappa shape index (κ1) is 17.7. The van der Waals surface area contributed by atoms with Gasteiger partial charge in [0.2, 0.25) is 5.91 Å². The highest BCUT2D eigenvalue weighted by molar-refractivity contribution is 5.93. The fraction of sp³-hybridized carbons (Fsp3) is 0.364. The smallest absolute Gasteiger partial charge is 0.231 e. The summed E-state index contributed by atoms with van der Waals surface area (Å²) in [6, 6.07) is 14.2. The second-order valence-corrected chi connectivity index (χ2v) is 7.88. The summed E-state index contributed by atoms with van der Waals surface area (Å²) in [4.78, 5) is 17.4. The van der Waals surface area contributed by atoms with Crippen LogP contribution in [0.4, 0.5) is 4.39 Å². The van der Waals surface area contributed by atoms with Crippen LogP contribution in [-0.4, -0.2) is 17.4 Å². The maximum atomic E-state index is 14.3. The number of amides is 1. The Hall–Kier alpha value is -2.69. The molecule has 1 N–H and O–H groups in total. The Morgan fingerprint density at radius 1 is 1.19 bits per heavy atom. The second kappa shape index (κ2) is 6.48. The van der Waals surface area contributed by atoms with E-state index in [1.54, 1.807) is 18.2 Å². The summed E-state index contributed by atoms with van der Waals surface area (Å²) < 4.78 is 20.0. The number of oxazole rings is 1. The number of nitrogens with zero attached hydrogens (tertiary/aromatic N) is 1. The first-order valence-electron chi connectivity index (χ1n) is 9.32. The lowest BCUT2D eigenvalue weighted by molar-refractivity contribution is -0.124. The molecule has 0 saturated heterocycles. The van der Waals surface area contributed by atoms with Crippen LogP contribution in [0.25, 0.3) is 11.1 Å². The van der Waals surface area contributed by atoms with Crippen LogP contribution in [-0.2, 0) is 16.6 Å². The molecular formula is C22H23FN2O2. The van der Waals surface area contributed by atoms with Gasteiger partial charge in [-0.15, -0.1) is 0 Å². The lowest BCUT2D eigenvalue weighted by Gasteiger charge is -2.21. The van der Waals surface area contributed by atoms with Gasteiger partial charge in [0.25, 0.3) is 0 Å². The molecule has 1 aliphatic rings. The van der Waals surface area contributed by atoms with E-state index in [0.29, 0.717) is 37.3 Å². The van der Waals surface area contributed by atoms with Crippen molar-refractivity contribution in [3.05, 3.63) is 65.8 Å². The number of carbonyl (C=O) groups excluding carboxylic acids is 1. The summed E-state index contributed by atoms with van der Waals surface area (Å²) >= 11 is 0. The zero-order chi connectivity index (χ0) is 19.1. The van der Waals surface area contributed by atoms with Gasteiger partial charge in [-0.1, -0.05) is 44.2 Å². The van der Waals surface area contributed by atoms with E-state index in [1.807, 2.05) is 38.1 Å². The molecular weight excluding hydrogens is 343 g/mol. The quantitative estimate of drug-likeness (QED) is 0.659. The Morgan fingerprint density at radius 2 is 1.89 bits per heavy atom. The molecule has 4 nitrogen and oxygen atoms in total. The van der Waals surface area contributed by atoms with E-state index in [0.717, 1.165) is 11.1 Å². The molecule has 0 bridgehead atoms. The number of rotatable bonds is 6. The summed E-state index contributed by atoms with van der Waals surface area (Å²) in [6.07, 6.45) is 2.01. The summed E-state index contributed by atoms with van der Waals surface area (Å²) in [5.41, 5.74) is 1.08. The molecule has 4 rings (SSSR count). The van der Waals surface area contributed by atoms with Gasteiger partial charge in [0, 0.05) is 18.5 Å². The average molecular weight is 366 g/mol. The SMILES string of the molecule is CC1(C)CC1(C(=O)NCCCc1nc2ccccc2o1)c1ccccc1F. The number of fused-ring (bicyclic) bond motifs is 1. The molecule has 1 aromatic heterocycles. The third kappa shape index (κ3) is 3.01. The second-order valence-electron chi connectivity index (χ2n) is 7.88. The van der Waals surface area contributed by atoms with E-state index in [2.05, 4.69) is 10.3 Å². The standard InChI is InChI=1S/C22H23FN2O2/c1-21(2)14-22(21,15-8-3-4-9-16(15)23)20(26)24-13-7-12-19-25-17-10-5-6-11-18(17)27-19/h3-6,8-11H,7,12-14H2,1-2H3,(H,24,26).